The molecule has 1 saturated heterocycles. The minimum atomic E-state index is -0.886. The third-order valence-corrected chi connectivity index (χ3v) is 3.98. The summed E-state index contributed by atoms with van der Waals surface area (Å²) < 4.78 is 0.177. The molecule has 1 aromatic rings. The van der Waals surface area contributed by atoms with Gasteiger partial charge in [0.2, 0.25) is 0 Å². The highest BCUT2D eigenvalue weighted by Gasteiger charge is 2.35. The fourth-order valence-corrected chi connectivity index (χ4v) is 2.69. The molecule has 0 saturated carbocycles. The fourth-order valence-electron chi connectivity index (χ4n) is 2.11. The summed E-state index contributed by atoms with van der Waals surface area (Å²) in [6, 6.07) is 4.35. The zero-order chi connectivity index (χ0) is 14.2. The Bertz CT molecular complexity index is 545. The van der Waals surface area contributed by atoms with Crippen molar-refractivity contribution in [2.45, 2.75) is 18.9 Å². The lowest BCUT2D eigenvalue weighted by atomic mass is 10.1. The van der Waals surface area contributed by atoms with Gasteiger partial charge in [-0.15, -0.1) is 0 Å². The Kier molecular flexibility index (Phi) is 3.60. The molecule has 7 heteroatoms. The average molecular weight is 329 g/mol. The van der Waals surface area contributed by atoms with E-state index >= 15 is 0 Å². The molecule has 2 rings (SSSR count). The number of halogens is 1. The number of carbonyl (C=O) groups excluding carboxylic acids is 1. The second-order valence-corrected chi connectivity index (χ2v) is 5.66. The first kappa shape index (κ1) is 14.0. The van der Waals surface area contributed by atoms with E-state index in [9.17, 15) is 20.0 Å². The number of amides is 1. The predicted octanol–water partition coefficient (Wildman–Crippen LogP) is 1.95. The summed E-state index contributed by atoms with van der Waals surface area (Å²) in [5, 5.41) is 20.7. The van der Waals surface area contributed by atoms with Crippen LogP contribution < -0.4 is 0 Å². The zero-order valence-electron chi connectivity index (χ0n) is 10.3. The molecule has 0 aliphatic carbocycles. The molecule has 1 amide bonds. The molecule has 1 atom stereocenters. The Morgan fingerprint density at radius 2 is 2.26 bits per heavy atom. The molecule has 102 valence electrons. The lowest BCUT2D eigenvalue weighted by Crippen LogP contribution is -2.34. The van der Waals surface area contributed by atoms with E-state index in [0.717, 1.165) is 0 Å². The van der Waals surface area contributed by atoms with Gasteiger partial charge in [0.15, 0.2) is 0 Å². The molecule has 0 bridgehead atoms. The van der Waals surface area contributed by atoms with Crippen LogP contribution in [0.4, 0.5) is 5.69 Å². The van der Waals surface area contributed by atoms with Gasteiger partial charge >= 0.3 is 0 Å². The molecular weight excluding hydrogens is 316 g/mol. The number of nitro benzene ring substituents is 1. The molecule has 1 heterocycles. The number of β-amino-alcohol motifs (C(OH)–C–C–N with tert-alkyl or cyclic N) is 1. The largest absolute Gasteiger partial charge is 0.388 e. The first-order valence-electron chi connectivity index (χ1n) is 5.76. The van der Waals surface area contributed by atoms with Crippen LogP contribution in [-0.2, 0) is 0 Å². The quantitative estimate of drug-likeness (QED) is 0.664. The van der Waals surface area contributed by atoms with E-state index in [1.165, 1.54) is 23.1 Å². The van der Waals surface area contributed by atoms with E-state index in [1.54, 1.807) is 6.92 Å². The van der Waals surface area contributed by atoms with Gasteiger partial charge < -0.3 is 10.0 Å². The van der Waals surface area contributed by atoms with Gasteiger partial charge in [-0.1, -0.05) is 6.07 Å². The molecule has 0 aromatic heterocycles. The Labute approximate surface area is 118 Å². The van der Waals surface area contributed by atoms with Gasteiger partial charge in [0.25, 0.3) is 11.6 Å². The average Bonchev–Trinajstić information content (AvgIpc) is 2.69. The van der Waals surface area contributed by atoms with Crippen molar-refractivity contribution in [1.82, 2.24) is 4.90 Å². The molecule has 1 unspecified atom stereocenters. The third kappa shape index (κ3) is 2.76. The minimum absolute atomic E-state index is 0.142. The van der Waals surface area contributed by atoms with Crippen LogP contribution in [0.1, 0.15) is 23.7 Å². The first-order valence-corrected chi connectivity index (χ1v) is 6.56. The summed E-state index contributed by atoms with van der Waals surface area (Å²) in [4.78, 5) is 24.1. The van der Waals surface area contributed by atoms with Gasteiger partial charge in [-0.3, -0.25) is 14.9 Å². The number of hydrogen-bond donors (Lipinski definition) is 1. The number of hydrogen-bond acceptors (Lipinski definition) is 4. The number of carbonyl (C=O) groups is 1. The molecule has 19 heavy (non-hydrogen) atoms. The molecule has 1 aliphatic heterocycles. The standard InChI is InChI=1S/C12H13BrN2O4/c1-12(17)5-6-14(7-12)11(16)8-3-2-4-9(10(8)13)15(18)19/h2-4,17H,5-7H2,1H3. The van der Waals surface area contributed by atoms with Crippen molar-refractivity contribution < 1.29 is 14.8 Å². The predicted molar refractivity (Wildman–Crippen MR) is 71.9 cm³/mol. The van der Waals surface area contributed by atoms with Crippen molar-refractivity contribution in [2.75, 3.05) is 13.1 Å². The van der Waals surface area contributed by atoms with Gasteiger partial charge in [0.05, 0.1) is 16.1 Å². The zero-order valence-corrected chi connectivity index (χ0v) is 11.9. The van der Waals surface area contributed by atoms with E-state index in [2.05, 4.69) is 15.9 Å². The lowest BCUT2D eigenvalue weighted by Gasteiger charge is -2.19. The summed E-state index contributed by atoms with van der Waals surface area (Å²) in [5.41, 5.74) is -0.785. The highest BCUT2D eigenvalue weighted by atomic mass is 79.9. The maximum atomic E-state index is 12.3. The Hall–Kier alpha value is -1.47. The van der Waals surface area contributed by atoms with Crippen LogP contribution >= 0.6 is 15.9 Å². The normalized spacial score (nSPS) is 22.6. The van der Waals surface area contributed by atoms with Crippen molar-refractivity contribution in [3.05, 3.63) is 38.3 Å². The molecule has 1 N–H and O–H groups in total. The molecule has 6 nitrogen and oxygen atoms in total. The number of nitrogens with zero attached hydrogens (tertiary/aromatic N) is 2. The monoisotopic (exact) mass is 328 g/mol. The van der Waals surface area contributed by atoms with E-state index in [0.29, 0.717) is 13.0 Å². The third-order valence-electron chi connectivity index (χ3n) is 3.14. The molecule has 1 fully saturated rings. The van der Waals surface area contributed by atoms with Crippen LogP contribution in [0.3, 0.4) is 0 Å². The summed E-state index contributed by atoms with van der Waals surface area (Å²) in [6.07, 6.45) is 0.505. The van der Waals surface area contributed by atoms with Crippen LogP contribution in [0.15, 0.2) is 22.7 Å². The number of nitro groups is 1. The Morgan fingerprint density at radius 1 is 1.58 bits per heavy atom. The number of likely N-dealkylation sites (tertiary alicyclic amines) is 1. The van der Waals surface area contributed by atoms with E-state index in [-0.39, 0.29) is 28.2 Å². The Morgan fingerprint density at radius 3 is 2.79 bits per heavy atom. The SMILES string of the molecule is CC1(O)CCN(C(=O)c2cccc([N+](=O)[O-])c2Br)C1. The van der Waals surface area contributed by atoms with Crippen LogP contribution in [0.2, 0.25) is 0 Å². The van der Waals surface area contributed by atoms with Crippen molar-refractivity contribution in [1.29, 1.82) is 0 Å². The summed E-state index contributed by atoms with van der Waals surface area (Å²) in [5.74, 6) is -0.312. The maximum Gasteiger partial charge on any atom is 0.284 e. The Balaban J connectivity index is 2.30. The topological polar surface area (TPSA) is 83.7 Å². The van der Waals surface area contributed by atoms with E-state index in [1.807, 2.05) is 0 Å². The van der Waals surface area contributed by atoms with E-state index < -0.39 is 10.5 Å². The smallest absolute Gasteiger partial charge is 0.284 e. The summed E-state index contributed by atoms with van der Waals surface area (Å²) in [7, 11) is 0. The molecule has 0 radical (unpaired) electrons. The molecule has 0 spiro atoms. The van der Waals surface area contributed by atoms with Gasteiger partial charge in [-0.25, -0.2) is 0 Å². The number of rotatable bonds is 2. The molecular formula is C12H13BrN2O4. The van der Waals surface area contributed by atoms with Gasteiger partial charge in [0, 0.05) is 19.2 Å². The van der Waals surface area contributed by atoms with Crippen molar-refractivity contribution in [2.24, 2.45) is 0 Å². The van der Waals surface area contributed by atoms with Gasteiger partial charge in [-0.05, 0) is 35.3 Å². The number of benzene rings is 1. The van der Waals surface area contributed by atoms with Crippen LogP contribution in [0.5, 0.6) is 0 Å². The van der Waals surface area contributed by atoms with Crippen LogP contribution in [0.25, 0.3) is 0 Å². The number of aliphatic hydroxyl groups is 1. The molecule has 1 aromatic carbocycles. The van der Waals surface area contributed by atoms with E-state index in [4.69, 9.17) is 0 Å². The summed E-state index contributed by atoms with van der Waals surface area (Å²) >= 11 is 3.11. The highest BCUT2D eigenvalue weighted by molar-refractivity contribution is 9.10. The van der Waals surface area contributed by atoms with Crippen molar-refractivity contribution in [3.63, 3.8) is 0 Å². The van der Waals surface area contributed by atoms with Crippen LogP contribution in [-0.4, -0.2) is 39.5 Å². The summed E-state index contributed by atoms with van der Waals surface area (Å²) in [6.45, 7) is 2.35. The lowest BCUT2D eigenvalue weighted by molar-refractivity contribution is -0.385. The second kappa shape index (κ2) is 4.90. The maximum absolute atomic E-state index is 12.3. The first-order chi connectivity index (χ1) is 8.82. The van der Waals surface area contributed by atoms with Gasteiger partial charge in [-0.2, -0.15) is 0 Å². The van der Waals surface area contributed by atoms with Gasteiger partial charge in [0.1, 0.15) is 4.47 Å². The van der Waals surface area contributed by atoms with Crippen molar-refractivity contribution in [3.8, 4) is 0 Å². The molecule has 1 aliphatic rings. The minimum Gasteiger partial charge on any atom is -0.388 e. The highest BCUT2D eigenvalue weighted by Crippen LogP contribution is 2.30. The van der Waals surface area contributed by atoms with Crippen molar-refractivity contribution >= 4 is 27.5 Å². The van der Waals surface area contributed by atoms with Crippen LogP contribution in [0, 0.1) is 10.1 Å². The second-order valence-electron chi connectivity index (χ2n) is 4.87. The fraction of sp³-hybridized carbons (Fsp3) is 0.417.